The third-order valence-corrected chi connectivity index (χ3v) is 2.68. The van der Waals surface area contributed by atoms with Gasteiger partial charge in [-0.2, -0.15) is 0 Å². The lowest BCUT2D eigenvalue weighted by atomic mass is 10.4. The zero-order chi connectivity index (χ0) is 15.6. The van der Waals surface area contributed by atoms with Crippen LogP contribution in [0.25, 0.3) is 0 Å². The van der Waals surface area contributed by atoms with Crippen molar-refractivity contribution in [3.05, 3.63) is 48.7 Å². The van der Waals surface area contributed by atoms with E-state index in [9.17, 15) is 4.79 Å². The van der Waals surface area contributed by atoms with Crippen molar-refractivity contribution >= 4 is 17.6 Å². The second kappa shape index (κ2) is 8.46. The maximum absolute atomic E-state index is 11.8. The minimum atomic E-state index is -0.205. The lowest BCUT2D eigenvalue weighted by molar-refractivity contribution is -0.114. The maximum atomic E-state index is 11.8. The molecule has 2 rings (SSSR count). The van der Waals surface area contributed by atoms with Gasteiger partial charge in [0.15, 0.2) is 5.96 Å². The SMILES string of the molecule is CCNC(=NCC(=O)Nc1cccnc1)NCc1ccco1. The molecule has 0 atom stereocenters. The van der Waals surface area contributed by atoms with Gasteiger partial charge in [-0.25, -0.2) is 4.99 Å². The third-order valence-electron chi connectivity index (χ3n) is 2.68. The highest BCUT2D eigenvalue weighted by Crippen LogP contribution is 2.02. The van der Waals surface area contributed by atoms with Crippen molar-refractivity contribution in [2.45, 2.75) is 13.5 Å². The van der Waals surface area contributed by atoms with E-state index in [1.807, 2.05) is 19.1 Å². The molecule has 0 radical (unpaired) electrons. The molecule has 2 aromatic rings. The van der Waals surface area contributed by atoms with Crippen LogP contribution in [0.5, 0.6) is 0 Å². The molecular weight excluding hydrogens is 282 g/mol. The smallest absolute Gasteiger partial charge is 0.246 e. The van der Waals surface area contributed by atoms with Gasteiger partial charge in [-0.05, 0) is 31.2 Å². The van der Waals surface area contributed by atoms with Crippen molar-refractivity contribution < 1.29 is 9.21 Å². The first kappa shape index (κ1) is 15.6. The lowest BCUT2D eigenvalue weighted by Crippen LogP contribution is -2.37. The summed E-state index contributed by atoms with van der Waals surface area (Å²) in [5.41, 5.74) is 0.649. The van der Waals surface area contributed by atoms with Crippen LogP contribution in [-0.2, 0) is 11.3 Å². The number of furan rings is 1. The normalized spacial score (nSPS) is 11.0. The standard InChI is InChI=1S/C15H19N5O2/c1-2-17-15(18-10-13-6-4-8-22-13)19-11-14(21)20-12-5-3-7-16-9-12/h3-9H,2,10-11H2,1H3,(H,20,21)(H2,17,18,19). The molecule has 0 aliphatic heterocycles. The first-order valence-electron chi connectivity index (χ1n) is 7.02. The van der Waals surface area contributed by atoms with Crippen LogP contribution in [0.15, 0.2) is 52.3 Å². The van der Waals surface area contributed by atoms with Crippen molar-refractivity contribution in [3.8, 4) is 0 Å². The molecule has 3 N–H and O–H groups in total. The molecule has 0 bridgehead atoms. The van der Waals surface area contributed by atoms with Crippen molar-refractivity contribution in [3.63, 3.8) is 0 Å². The minimum absolute atomic E-state index is 0.0163. The highest BCUT2D eigenvalue weighted by Gasteiger charge is 2.04. The number of guanidine groups is 1. The molecule has 0 aromatic carbocycles. The Morgan fingerprint density at radius 1 is 1.32 bits per heavy atom. The number of nitrogens with one attached hydrogen (secondary N) is 3. The van der Waals surface area contributed by atoms with E-state index in [4.69, 9.17) is 4.42 Å². The zero-order valence-corrected chi connectivity index (χ0v) is 12.4. The average molecular weight is 301 g/mol. The fraction of sp³-hybridized carbons (Fsp3) is 0.267. The summed E-state index contributed by atoms with van der Waals surface area (Å²) in [7, 11) is 0. The topological polar surface area (TPSA) is 91.5 Å². The molecule has 0 aliphatic rings. The number of amides is 1. The molecule has 22 heavy (non-hydrogen) atoms. The predicted molar refractivity (Wildman–Crippen MR) is 84.4 cm³/mol. The fourth-order valence-electron chi connectivity index (χ4n) is 1.71. The van der Waals surface area contributed by atoms with Crippen LogP contribution in [0.3, 0.4) is 0 Å². The Bertz CT molecular complexity index is 596. The van der Waals surface area contributed by atoms with E-state index < -0.39 is 0 Å². The number of pyridine rings is 1. The molecule has 0 saturated carbocycles. The number of rotatable bonds is 6. The van der Waals surface area contributed by atoms with Crippen LogP contribution in [0.2, 0.25) is 0 Å². The highest BCUT2D eigenvalue weighted by atomic mass is 16.3. The van der Waals surface area contributed by atoms with Crippen LogP contribution in [0, 0.1) is 0 Å². The maximum Gasteiger partial charge on any atom is 0.246 e. The van der Waals surface area contributed by atoms with E-state index in [1.165, 1.54) is 0 Å². The Balaban J connectivity index is 1.84. The van der Waals surface area contributed by atoms with Gasteiger partial charge < -0.3 is 20.4 Å². The first-order valence-corrected chi connectivity index (χ1v) is 7.02. The van der Waals surface area contributed by atoms with Gasteiger partial charge in [-0.3, -0.25) is 9.78 Å². The molecule has 7 heteroatoms. The summed E-state index contributed by atoms with van der Waals surface area (Å²) in [6.07, 6.45) is 4.85. The van der Waals surface area contributed by atoms with Gasteiger partial charge in [0.1, 0.15) is 12.3 Å². The molecule has 0 aliphatic carbocycles. The number of hydrogen-bond donors (Lipinski definition) is 3. The van der Waals surface area contributed by atoms with Gasteiger partial charge in [0.05, 0.1) is 24.7 Å². The largest absolute Gasteiger partial charge is 0.467 e. The van der Waals surface area contributed by atoms with Crippen molar-refractivity contribution in [2.75, 3.05) is 18.4 Å². The summed E-state index contributed by atoms with van der Waals surface area (Å²) < 4.78 is 5.24. The Morgan fingerprint density at radius 3 is 2.91 bits per heavy atom. The molecule has 7 nitrogen and oxygen atoms in total. The molecule has 0 spiro atoms. The van der Waals surface area contributed by atoms with E-state index in [1.54, 1.807) is 30.8 Å². The number of hydrogen-bond acceptors (Lipinski definition) is 4. The molecule has 0 fully saturated rings. The number of aromatic nitrogens is 1. The van der Waals surface area contributed by atoms with Gasteiger partial charge in [0.25, 0.3) is 0 Å². The first-order chi connectivity index (χ1) is 10.8. The fourth-order valence-corrected chi connectivity index (χ4v) is 1.71. The third kappa shape index (κ3) is 5.28. The summed E-state index contributed by atoms with van der Waals surface area (Å²) in [6, 6.07) is 7.22. The number of anilines is 1. The lowest BCUT2D eigenvalue weighted by Gasteiger charge is -2.10. The van der Waals surface area contributed by atoms with E-state index in [-0.39, 0.29) is 12.5 Å². The molecule has 116 valence electrons. The number of carbonyl (C=O) groups excluding carboxylic acids is 1. The summed E-state index contributed by atoms with van der Waals surface area (Å²) in [5.74, 6) is 1.15. The second-order valence-electron chi connectivity index (χ2n) is 4.42. The predicted octanol–water partition coefficient (Wildman–Crippen LogP) is 1.37. The second-order valence-corrected chi connectivity index (χ2v) is 4.42. The van der Waals surface area contributed by atoms with E-state index >= 15 is 0 Å². The van der Waals surface area contributed by atoms with Crippen LogP contribution in [0.4, 0.5) is 5.69 Å². The van der Waals surface area contributed by atoms with Crippen molar-refractivity contribution in [1.29, 1.82) is 0 Å². The molecular formula is C15H19N5O2. The Hall–Kier alpha value is -2.83. The summed E-state index contributed by atoms with van der Waals surface area (Å²) in [4.78, 5) is 20.0. The monoisotopic (exact) mass is 301 g/mol. The number of carbonyl (C=O) groups is 1. The van der Waals surface area contributed by atoms with E-state index in [0.717, 1.165) is 5.76 Å². The van der Waals surface area contributed by atoms with Gasteiger partial charge >= 0.3 is 0 Å². The van der Waals surface area contributed by atoms with E-state index in [0.29, 0.717) is 24.7 Å². The van der Waals surface area contributed by atoms with Gasteiger partial charge in [0, 0.05) is 12.7 Å². The molecule has 2 heterocycles. The van der Waals surface area contributed by atoms with Crippen LogP contribution in [-0.4, -0.2) is 29.9 Å². The van der Waals surface area contributed by atoms with Crippen LogP contribution in [0.1, 0.15) is 12.7 Å². The molecule has 2 aromatic heterocycles. The zero-order valence-electron chi connectivity index (χ0n) is 12.4. The van der Waals surface area contributed by atoms with Crippen molar-refractivity contribution in [2.24, 2.45) is 4.99 Å². The molecule has 0 saturated heterocycles. The molecule has 0 unspecified atom stereocenters. The van der Waals surface area contributed by atoms with Gasteiger partial charge in [0.2, 0.25) is 5.91 Å². The summed E-state index contributed by atoms with van der Waals surface area (Å²) in [5, 5.41) is 8.89. The number of aliphatic imine (C=N–C) groups is 1. The summed E-state index contributed by atoms with van der Waals surface area (Å²) in [6.45, 7) is 3.18. The number of nitrogens with zero attached hydrogens (tertiary/aromatic N) is 2. The van der Waals surface area contributed by atoms with Crippen LogP contribution < -0.4 is 16.0 Å². The Morgan fingerprint density at radius 2 is 2.23 bits per heavy atom. The van der Waals surface area contributed by atoms with E-state index in [2.05, 4.69) is 25.9 Å². The Kier molecular flexibility index (Phi) is 5.98. The summed E-state index contributed by atoms with van der Waals surface area (Å²) >= 11 is 0. The highest BCUT2D eigenvalue weighted by molar-refractivity contribution is 5.93. The average Bonchev–Trinajstić information content (AvgIpc) is 3.04. The van der Waals surface area contributed by atoms with Gasteiger partial charge in [-0.15, -0.1) is 0 Å². The quantitative estimate of drug-likeness (QED) is 0.553. The Labute approximate surface area is 128 Å². The van der Waals surface area contributed by atoms with Crippen LogP contribution >= 0.6 is 0 Å². The van der Waals surface area contributed by atoms with Gasteiger partial charge in [-0.1, -0.05) is 0 Å². The minimum Gasteiger partial charge on any atom is -0.467 e. The molecule has 1 amide bonds. The van der Waals surface area contributed by atoms with Crippen molar-refractivity contribution in [1.82, 2.24) is 15.6 Å².